The van der Waals surface area contributed by atoms with Crippen molar-refractivity contribution in [2.24, 2.45) is 0 Å². The van der Waals surface area contributed by atoms with Gasteiger partial charge in [0.1, 0.15) is 11.5 Å². The van der Waals surface area contributed by atoms with E-state index in [4.69, 9.17) is 4.74 Å². The standard InChI is InChI=1S/C14H16N4O3/c1-10-4-3-5-12(15-10)16-14(20)11-6-7-13(19)18(17-11)8-9-21-2/h3-7H,8-9H2,1-2H3,(H,15,16,20). The molecule has 0 fully saturated rings. The van der Waals surface area contributed by atoms with E-state index in [0.717, 1.165) is 5.69 Å². The van der Waals surface area contributed by atoms with Gasteiger partial charge in [-0.05, 0) is 25.1 Å². The molecular weight excluding hydrogens is 272 g/mol. The molecule has 0 atom stereocenters. The second kappa shape index (κ2) is 6.76. The average molecular weight is 288 g/mol. The summed E-state index contributed by atoms with van der Waals surface area (Å²) < 4.78 is 6.10. The molecule has 0 radical (unpaired) electrons. The van der Waals surface area contributed by atoms with Crippen LogP contribution in [0.1, 0.15) is 16.2 Å². The van der Waals surface area contributed by atoms with Crippen LogP contribution in [0.5, 0.6) is 0 Å². The lowest BCUT2D eigenvalue weighted by Gasteiger charge is -2.07. The lowest BCUT2D eigenvalue weighted by molar-refractivity contribution is 0.101. The molecule has 7 nitrogen and oxygen atoms in total. The first-order valence-corrected chi connectivity index (χ1v) is 6.42. The van der Waals surface area contributed by atoms with Gasteiger partial charge in [-0.1, -0.05) is 6.07 Å². The van der Waals surface area contributed by atoms with Gasteiger partial charge in [0, 0.05) is 18.9 Å². The number of carbonyl (C=O) groups excluding carboxylic acids is 1. The smallest absolute Gasteiger partial charge is 0.277 e. The van der Waals surface area contributed by atoms with E-state index in [0.29, 0.717) is 19.0 Å². The van der Waals surface area contributed by atoms with E-state index >= 15 is 0 Å². The number of anilines is 1. The van der Waals surface area contributed by atoms with Gasteiger partial charge < -0.3 is 10.1 Å². The fourth-order valence-corrected chi connectivity index (χ4v) is 1.70. The molecule has 2 heterocycles. The van der Waals surface area contributed by atoms with Gasteiger partial charge in [0.05, 0.1) is 13.2 Å². The van der Waals surface area contributed by atoms with E-state index in [-0.39, 0.29) is 11.3 Å². The Kier molecular flexibility index (Phi) is 4.78. The Labute approximate surface area is 121 Å². The number of rotatable bonds is 5. The average Bonchev–Trinajstić information content (AvgIpc) is 2.46. The molecule has 1 amide bonds. The lowest BCUT2D eigenvalue weighted by atomic mass is 10.3. The van der Waals surface area contributed by atoms with Gasteiger partial charge >= 0.3 is 0 Å². The first kappa shape index (κ1) is 14.9. The summed E-state index contributed by atoms with van der Waals surface area (Å²) in [5.74, 6) is 0.0238. The van der Waals surface area contributed by atoms with Gasteiger partial charge in [0.15, 0.2) is 0 Å². The zero-order valence-electron chi connectivity index (χ0n) is 11.9. The summed E-state index contributed by atoms with van der Waals surface area (Å²) in [7, 11) is 1.53. The number of aryl methyl sites for hydroxylation is 1. The third-order valence-electron chi connectivity index (χ3n) is 2.74. The van der Waals surface area contributed by atoms with Crippen LogP contribution < -0.4 is 10.9 Å². The number of hydrogen-bond donors (Lipinski definition) is 1. The summed E-state index contributed by atoms with van der Waals surface area (Å²) in [4.78, 5) is 27.9. The normalized spacial score (nSPS) is 10.4. The predicted molar refractivity (Wildman–Crippen MR) is 77.3 cm³/mol. The molecule has 1 N–H and O–H groups in total. The largest absolute Gasteiger partial charge is 0.383 e. The Hall–Kier alpha value is -2.54. The number of amides is 1. The molecule has 0 aromatic carbocycles. The van der Waals surface area contributed by atoms with Crippen LogP contribution in [0.2, 0.25) is 0 Å². The number of pyridine rings is 1. The fraction of sp³-hybridized carbons (Fsp3) is 0.286. The zero-order chi connectivity index (χ0) is 15.2. The molecule has 0 spiro atoms. The van der Waals surface area contributed by atoms with E-state index in [1.807, 2.05) is 13.0 Å². The molecule has 0 saturated heterocycles. The van der Waals surface area contributed by atoms with E-state index in [1.54, 1.807) is 12.1 Å². The van der Waals surface area contributed by atoms with Crippen molar-refractivity contribution in [3.8, 4) is 0 Å². The van der Waals surface area contributed by atoms with Crippen LogP contribution in [-0.2, 0) is 11.3 Å². The molecule has 0 saturated carbocycles. The number of ether oxygens (including phenoxy) is 1. The van der Waals surface area contributed by atoms with Gasteiger partial charge in [0.25, 0.3) is 11.5 Å². The highest BCUT2D eigenvalue weighted by atomic mass is 16.5. The first-order valence-electron chi connectivity index (χ1n) is 6.42. The highest BCUT2D eigenvalue weighted by molar-refractivity contribution is 6.02. The summed E-state index contributed by atoms with van der Waals surface area (Å²) >= 11 is 0. The van der Waals surface area contributed by atoms with E-state index in [9.17, 15) is 9.59 Å². The van der Waals surface area contributed by atoms with E-state index in [1.165, 1.54) is 23.9 Å². The van der Waals surface area contributed by atoms with Crippen LogP contribution in [-0.4, -0.2) is 34.4 Å². The van der Waals surface area contributed by atoms with E-state index in [2.05, 4.69) is 15.4 Å². The Morgan fingerprint density at radius 1 is 1.33 bits per heavy atom. The van der Waals surface area contributed by atoms with Gasteiger partial charge in [-0.25, -0.2) is 9.67 Å². The lowest BCUT2D eigenvalue weighted by Crippen LogP contribution is -2.27. The van der Waals surface area contributed by atoms with Crippen LogP contribution in [0.4, 0.5) is 5.82 Å². The van der Waals surface area contributed by atoms with Gasteiger partial charge in [-0.2, -0.15) is 5.10 Å². The van der Waals surface area contributed by atoms with Crippen molar-refractivity contribution < 1.29 is 9.53 Å². The van der Waals surface area contributed by atoms with Crippen molar-refractivity contribution in [2.75, 3.05) is 19.0 Å². The van der Waals surface area contributed by atoms with Gasteiger partial charge in [-0.15, -0.1) is 0 Å². The minimum Gasteiger partial charge on any atom is -0.383 e. The molecule has 7 heteroatoms. The van der Waals surface area contributed by atoms with Crippen LogP contribution in [0.25, 0.3) is 0 Å². The first-order chi connectivity index (χ1) is 10.1. The number of nitrogens with one attached hydrogen (secondary N) is 1. The van der Waals surface area contributed by atoms with Crippen molar-refractivity contribution in [1.82, 2.24) is 14.8 Å². The minimum atomic E-state index is -0.417. The Morgan fingerprint density at radius 3 is 2.86 bits per heavy atom. The maximum absolute atomic E-state index is 12.1. The molecule has 110 valence electrons. The number of methoxy groups -OCH3 is 1. The highest BCUT2D eigenvalue weighted by Gasteiger charge is 2.10. The maximum Gasteiger partial charge on any atom is 0.277 e. The monoisotopic (exact) mass is 288 g/mol. The summed E-state index contributed by atoms with van der Waals surface area (Å²) in [6, 6.07) is 8.01. The van der Waals surface area contributed by atoms with Crippen molar-refractivity contribution in [2.45, 2.75) is 13.5 Å². The third kappa shape index (κ3) is 3.96. The predicted octanol–water partition coefficient (Wildman–Crippen LogP) is 0.845. The number of carbonyl (C=O) groups is 1. The molecule has 2 rings (SSSR count). The fourth-order valence-electron chi connectivity index (χ4n) is 1.70. The molecule has 0 aliphatic carbocycles. The molecule has 0 bridgehead atoms. The molecule has 2 aromatic heterocycles. The van der Waals surface area contributed by atoms with Gasteiger partial charge in [-0.3, -0.25) is 9.59 Å². The molecule has 21 heavy (non-hydrogen) atoms. The Morgan fingerprint density at radius 2 is 2.14 bits per heavy atom. The number of nitrogens with zero attached hydrogens (tertiary/aromatic N) is 3. The Bertz CT molecular complexity index is 697. The van der Waals surface area contributed by atoms with Crippen LogP contribution in [0.3, 0.4) is 0 Å². The third-order valence-corrected chi connectivity index (χ3v) is 2.74. The number of hydrogen-bond acceptors (Lipinski definition) is 5. The minimum absolute atomic E-state index is 0.147. The number of aromatic nitrogens is 3. The topological polar surface area (TPSA) is 86.1 Å². The second-order valence-corrected chi connectivity index (χ2v) is 4.39. The summed E-state index contributed by atoms with van der Waals surface area (Å²) in [6.07, 6.45) is 0. The van der Waals surface area contributed by atoms with Crippen LogP contribution in [0.15, 0.2) is 35.1 Å². The van der Waals surface area contributed by atoms with Crippen molar-refractivity contribution >= 4 is 11.7 Å². The summed E-state index contributed by atoms with van der Waals surface area (Å²) in [5, 5.41) is 6.66. The molecular formula is C14H16N4O3. The molecule has 0 unspecified atom stereocenters. The molecule has 2 aromatic rings. The summed E-state index contributed by atoms with van der Waals surface area (Å²) in [6.45, 7) is 2.47. The maximum atomic E-state index is 12.1. The quantitative estimate of drug-likeness (QED) is 0.881. The molecule has 0 aliphatic rings. The summed E-state index contributed by atoms with van der Waals surface area (Å²) in [5.41, 5.74) is 0.664. The second-order valence-electron chi connectivity index (χ2n) is 4.39. The highest BCUT2D eigenvalue weighted by Crippen LogP contribution is 2.05. The Balaban J connectivity index is 2.17. The molecule has 0 aliphatic heterocycles. The van der Waals surface area contributed by atoms with Crippen molar-refractivity contribution in [3.05, 3.63) is 52.1 Å². The SMILES string of the molecule is COCCn1nc(C(=O)Nc2cccc(C)n2)ccc1=O. The zero-order valence-corrected chi connectivity index (χ0v) is 11.9. The van der Waals surface area contributed by atoms with Crippen LogP contribution >= 0.6 is 0 Å². The van der Waals surface area contributed by atoms with Crippen LogP contribution in [0, 0.1) is 6.92 Å². The van der Waals surface area contributed by atoms with E-state index < -0.39 is 5.91 Å². The van der Waals surface area contributed by atoms with Gasteiger partial charge in [0.2, 0.25) is 0 Å². The van der Waals surface area contributed by atoms with Crippen molar-refractivity contribution in [1.29, 1.82) is 0 Å². The van der Waals surface area contributed by atoms with Crippen molar-refractivity contribution in [3.63, 3.8) is 0 Å².